The number of carbonyl (C=O) groups is 12. The molecule has 0 saturated carbocycles. The Morgan fingerprint density at radius 2 is 1.10 bits per heavy atom. The van der Waals surface area contributed by atoms with E-state index in [0.717, 1.165) is 24.5 Å². The summed E-state index contributed by atoms with van der Waals surface area (Å²) < 4.78 is 14.1. The van der Waals surface area contributed by atoms with Crippen LogP contribution in [0.2, 0.25) is 5.02 Å². The van der Waals surface area contributed by atoms with Crippen LogP contribution in [0.4, 0.5) is 4.39 Å². The van der Waals surface area contributed by atoms with Gasteiger partial charge in [0.1, 0.15) is 53.8 Å². The largest absolute Gasteiger partial charge is 0.343 e. The van der Waals surface area contributed by atoms with Gasteiger partial charge in [0.2, 0.25) is 65.0 Å². The lowest BCUT2D eigenvalue weighted by Crippen LogP contribution is -2.60. The highest BCUT2D eigenvalue weighted by atomic mass is 35.5. The predicted octanol–water partition coefficient (Wildman–Crippen LogP) is 3.83. The van der Waals surface area contributed by atoms with Gasteiger partial charge in [-0.15, -0.1) is 0 Å². The summed E-state index contributed by atoms with van der Waals surface area (Å²) in [6.45, 7) is 13.6. The molecule has 96 heavy (non-hydrogen) atoms. The molecule has 0 bridgehead atoms. The molecule has 3 aromatic carbocycles. The summed E-state index contributed by atoms with van der Waals surface area (Å²) in [6.07, 6.45) is 1.04. The normalized spacial score (nSPS) is 23.0. The van der Waals surface area contributed by atoms with Gasteiger partial charge in [-0.3, -0.25) is 57.5 Å². The van der Waals surface area contributed by atoms with E-state index in [4.69, 9.17) is 11.6 Å². The Labute approximate surface area is 569 Å². The van der Waals surface area contributed by atoms with Gasteiger partial charge in [-0.05, 0) is 97.2 Å². The number of hydrogen-bond acceptors (Lipinski definition) is 12. The first-order valence-electron chi connectivity index (χ1n) is 32.7. The number of hydrogen-bond donors (Lipinski definition) is 4. The van der Waals surface area contributed by atoms with E-state index >= 15 is 14.4 Å². The summed E-state index contributed by atoms with van der Waals surface area (Å²) in [7, 11) is 9.46. The summed E-state index contributed by atoms with van der Waals surface area (Å²) in [4.78, 5) is 184. The zero-order valence-corrected chi connectivity index (χ0v) is 58.6. The Morgan fingerprint density at radius 1 is 0.562 bits per heavy atom. The molecule has 0 aliphatic carbocycles. The molecule has 0 spiro atoms. The maximum absolute atomic E-state index is 15.4. The van der Waals surface area contributed by atoms with Gasteiger partial charge in [-0.25, -0.2) is 4.39 Å². The van der Waals surface area contributed by atoms with Crippen LogP contribution in [0.5, 0.6) is 0 Å². The van der Waals surface area contributed by atoms with Crippen LogP contribution in [0.3, 0.4) is 0 Å². The second-order valence-electron chi connectivity index (χ2n) is 26.2. The molecule has 0 aromatic heterocycles. The van der Waals surface area contributed by atoms with Crippen molar-refractivity contribution >= 4 is 82.5 Å². The Morgan fingerprint density at radius 3 is 1.69 bits per heavy atom. The van der Waals surface area contributed by atoms with Crippen molar-refractivity contribution in [2.75, 3.05) is 82.1 Å². The molecule has 3 aromatic rings. The molecule has 0 radical (unpaired) electrons. The van der Waals surface area contributed by atoms with Crippen LogP contribution in [-0.4, -0.2) is 234 Å². The van der Waals surface area contributed by atoms with Crippen molar-refractivity contribution in [1.29, 1.82) is 0 Å². The van der Waals surface area contributed by atoms with E-state index in [1.165, 1.54) is 88.3 Å². The van der Waals surface area contributed by atoms with Gasteiger partial charge in [0, 0.05) is 80.3 Å². The molecule has 26 heteroatoms. The van der Waals surface area contributed by atoms with Crippen molar-refractivity contribution in [3.05, 3.63) is 119 Å². The van der Waals surface area contributed by atoms with Gasteiger partial charge in [-0.2, -0.15) is 0 Å². The topological polar surface area (TPSA) is 279 Å². The first-order chi connectivity index (χ1) is 45.2. The molecule has 24 nitrogen and oxygen atoms in total. The molecular weight excluding hydrogens is 1260 g/mol. The molecule has 12 amide bonds. The van der Waals surface area contributed by atoms with Crippen LogP contribution in [0.1, 0.15) is 103 Å². The highest BCUT2D eigenvalue weighted by Gasteiger charge is 2.42. The van der Waals surface area contributed by atoms with E-state index in [1.54, 1.807) is 68.4 Å². The average molecular weight is 1350 g/mol. The van der Waals surface area contributed by atoms with Crippen LogP contribution >= 0.6 is 11.6 Å². The van der Waals surface area contributed by atoms with E-state index in [1.807, 2.05) is 27.7 Å². The lowest BCUT2D eigenvalue weighted by molar-refractivity contribution is -0.150. The lowest BCUT2D eigenvalue weighted by atomic mass is 9.97. The molecule has 2 aliphatic heterocycles. The Hall–Kier alpha value is -8.74. The van der Waals surface area contributed by atoms with Crippen LogP contribution in [-0.2, 0) is 76.8 Å². The first kappa shape index (κ1) is 78.0. The van der Waals surface area contributed by atoms with Crippen LogP contribution in [0.25, 0.3) is 0 Å². The highest BCUT2D eigenvalue weighted by Crippen LogP contribution is 2.23. The van der Waals surface area contributed by atoms with E-state index in [2.05, 4.69) is 27.8 Å². The Balaban J connectivity index is 1.62. The van der Waals surface area contributed by atoms with Crippen molar-refractivity contribution < 1.29 is 61.9 Å². The van der Waals surface area contributed by atoms with Crippen molar-refractivity contribution in [1.82, 2.24) is 60.5 Å². The van der Waals surface area contributed by atoms with Gasteiger partial charge in [-0.1, -0.05) is 121 Å². The third-order valence-electron chi connectivity index (χ3n) is 17.8. The zero-order valence-electron chi connectivity index (χ0n) is 57.8. The molecule has 5 rings (SSSR count). The standard InChI is InChI=1S/C70H98ClFN12O12/c1-15-45(6)62-70(96)79(10)41-60(87)77(8)42-61(88)81(12)56(38-49-23-28-50(71)29-24-49)68(94)78(9)40-58(85)73-52(32-27-47-25-30-51(72)31-26-47)64(90)74-53(35-43(2)3)66(92)83(14)57(37-48-21-17-16-18-22-48)69(95)82(13)55(36-44(4)5)65(91)75-54(67(93)84-33-19-20-34-84)39-59(86)80(11)46(7)63(89)76-62/h16-18,21-26,28-31,43-45,52-57,62H,7,15,19-20,27,32-42H2,1-6,8-14H3,(H,73,85)(H,74,90)(H,75,91)(H,76,89)/t45-,52-,53-,54-,55-,56?,57?,62-/m0/s1. The minimum atomic E-state index is -1.51. The van der Waals surface area contributed by atoms with E-state index in [0.29, 0.717) is 54.1 Å². The van der Waals surface area contributed by atoms with E-state index < -0.39 is 157 Å². The summed E-state index contributed by atoms with van der Waals surface area (Å²) in [5.74, 6) is -10.4. The lowest BCUT2D eigenvalue weighted by Gasteiger charge is -2.37. The van der Waals surface area contributed by atoms with Gasteiger partial charge in [0.25, 0.3) is 5.91 Å². The zero-order chi connectivity index (χ0) is 71.4. The van der Waals surface area contributed by atoms with Crippen LogP contribution < -0.4 is 21.3 Å². The minimum Gasteiger partial charge on any atom is -0.343 e. The number of rotatable bonds is 14. The molecule has 2 aliphatic rings. The van der Waals surface area contributed by atoms with Crippen molar-refractivity contribution in [2.24, 2.45) is 17.8 Å². The number of likely N-dealkylation sites (N-methyl/N-ethyl adjacent to an activating group) is 7. The van der Waals surface area contributed by atoms with Crippen molar-refractivity contribution in [3.8, 4) is 0 Å². The first-order valence-corrected chi connectivity index (χ1v) is 33.1. The number of aryl methyl sites for hydroxylation is 1. The molecule has 2 saturated heterocycles. The SMILES string of the molecule is C=C1C(=O)N[C@@H]([C@@H](C)CC)C(=O)N(C)CC(=O)N(C)CC(=O)N(C)C(Cc2ccc(Cl)cc2)C(=O)N(C)CC(=O)N[C@@H](CCc2ccc(F)cc2)C(=O)N[C@@H](CC(C)C)C(=O)N(C)C(Cc2ccccc2)C(=O)N(C)[C@@H](CC(C)C)C(=O)N[C@H](C(=O)N2CCCC2)CC(=O)N1C. The number of halogens is 2. The maximum Gasteiger partial charge on any atom is 0.268 e. The number of carbonyl (C=O) groups excluding carboxylic acids is 12. The monoisotopic (exact) mass is 1350 g/mol. The van der Waals surface area contributed by atoms with E-state index in [-0.39, 0.29) is 50.4 Å². The summed E-state index contributed by atoms with van der Waals surface area (Å²) >= 11 is 6.22. The highest BCUT2D eigenvalue weighted by molar-refractivity contribution is 6.30. The fraction of sp³-hybridized carbons (Fsp3) is 0.543. The minimum absolute atomic E-state index is 0.0457. The third-order valence-corrected chi connectivity index (χ3v) is 18.1. The second kappa shape index (κ2) is 36.4. The molecular formula is C70H98ClFN12O12. The van der Waals surface area contributed by atoms with Crippen LogP contribution in [0.15, 0.2) is 91.1 Å². The number of benzene rings is 3. The number of amides is 12. The van der Waals surface area contributed by atoms with Gasteiger partial charge >= 0.3 is 0 Å². The van der Waals surface area contributed by atoms with Crippen molar-refractivity contribution in [2.45, 2.75) is 148 Å². The maximum atomic E-state index is 15.4. The summed E-state index contributed by atoms with van der Waals surface area (Å²) in [5, 5.41) is 11.5. The molecule has 2 unspecified atom stereocenters. The number of nitrogens with one attached hydrogen (secondary N) is 4. The quantitative estimate of drug-likeness (QED) is 0.168. The third kappa shape index (κ3) is 22.2. The van der Waals surface area contributed by atoms with Crippen molar-refractivity contribution in [3.63, 3.8) is 0 Å². The predicted molar refractivity (Wildman–Crippen MR) is 361 cm³/mol. The van der Waals surface area contributed by atoms with Gasteiger partial charge < -0.3 is 60.5 Å². The fourth-order valence-corrected chi connectivity index (χ4v) is 11.6. The second-order valence-corrected chi connectivity index (χ2v) is 26.7. The Kier molecular flexibility index (Phi) is 29.6. The Bertz CT molecular complexity index is 3260. The molecule has 2 fully saturated rings. The van der Waals surface area contributed by atoms with Crippen LogP contribution in [0, 0.1) is 23.6 Å². The fourth-order valence-electron chi connectivity index (χ4n) is 11.5. The number of likely N-dealkylation sites (tertiary alicyclic amines) is 1. The van der Waals surface area contributed by atoms with E-state index in [9.17, 15) is 47.5 Å². The van der Waals surface area contributed by atoms with Gasteiger partial charge in [0.15, 0.2) is 0 Å². The average Bonchev–Trinajstić information content (AvgIpc) is 0.892. The van der Waals surface area contributed by atoms with Gasteiger partial charge in [0.05, 0.1) is 26.1 Å². The smallest absolute Gasteiger partial charge is 0.268 e. The molecule has 4 N–H and O–H groups in total. The summed E-state index contributed by atoms with van der Waals surface area (Å²) in [6, 6.07) is 11.5. The summed E-state index contributed by atoms with van der Waals surface area (Å²) in [5.41, 5.74) is 1.42. The molecule has 2 heterocycles. The number of nitrogens with zero attached hydrogens (tertiary/aromatic N) is 8. The molecule has 524 valence electrons. The molecule has 8 atom stereocenters.